The molecule has 1 aromatic rings. The topological polar surface area (TPSA) is 65.1 Å². The van der Waals surface area contributed by atoms with Crippen molar-refractivity contribution in [2.45, 2.75) is 33.1 Å². The highest BCUT2D eigenvalue weighted by molar-refractivity contribution is 5.78. The summed E-state index contributed by atoms with van der Waals surface area (Å²) in [4.78, 5) is 25.7. The molecule has 0 radical (unpaired) electrons. The first-order chi connectivity index (χ1) is 12.0. The number of methoxy groups -OCH3 is 2. The van der Waals surface area contributed by atoms with E-state index >= 15 is 0 Å². The molecule has 25 heavy (non-hydrogen) atoms. The van der Waals surface area contributed by atoms with E-state index in [-0.39, 0.29) is 17.8 Å². The molecular weight excluding hydrogens is 322 g/mol. The van der Waals surface area contributed by atoms with Crippen LogP contribution in [-0.2, 0) is 14.3 Å². The van der Waals surface area contributed by atoms with Crippen LogP contribution in [0.5, 0.6) is 11.5 Å². The van der Waals surface area contributed by atoms with Gasteiger partial charge in [0.25, 0.3) is 0 Å². The smallest absolute Gasteiger partial charge is 0.310 e. The van der Waals surface area contributed by atoms with Gasteiger partial charge in [-0.05, 0) is 30.7 Å². The number of carbonyl (C=O) groups excluding carboxylic acids is 2. The number of unbranched alkanes of at least 4 members (excludes halogenated alkanes) is 1. The van der Waals surface area contributed by atoms with Crippen LogP contribution in [0.3, 0.4) is 0 Å². The van der Waals surface area contributed by atoms with E-state index in [0.29, 0.717) is 31.9 Å². The van der Waals surface area contributed by atoms with Crippen LogP contribution in [0.1, 0.15) is 33.1 Å². The van der Waals surface area contributed by atoms with Gasteiger partial charge in [-0.3, -0.25) is 9.59 Å². The minimum atomic E-state index is -0.364. The minimum Gasteiger partial charge on any atom is -0.497 e. The summed E-state index contributed by atoms with van der Waals surface area (Å²) in [5.74, 6) is 0.829. The second-order valence-electron chi connectivity index (χ2n) is 5.89. The summed E-state index contributed by atoms with van der Waals surface area (Å²) in [5.41, 5.74) is 0. The molecule has 0 saturated heterocycles. The maximum Gasteiger partial charge on any atom is 0.310 e. The predicted octanol–water partition coefficient (Wildman–Crippen LogP) is 2.90. The third kappa shape index (κ3) is 7.45. The number of rotatable bonds is 11. The number of esters is 1. The molecule has 0 saturated carbocycles. The summed E-state index contributed by atoms with van der Waals surface area (Å²) in [6, 6.07) is 7.27. The van der Waals surface area contributed by atoms with Gasteiger partial charge in [0.05, 0.1) is 26.7 Å². The third-order valence-corrected chi connectivity index (χ3v) is 3.88. The van der Waals surface area contributed by atoms with Crippen molar-refractivity contribution in [3.8, 4) is 11.5 Å². The first-order valence-electron chi connectivity index (χ1n) is 8.64. The highest BCUT2D eigenvalue weighted by atomic mass is 16.5. The third-order valence-electron chi connectivity index (χ3n) is 3.88. The first-order valence-corrected chi connectivity index (χ1v) is 8.64. The molecule has 0 aromatic heterocycles. The van der Waals surface area contributed by atoms with Gasteiger partial charge in [-0.15, -0.1) is 0 Å². The monoisotopic (exact) mass is 351 g/mol. The van der Waals surface area contributed by atoms with E-state index in [1.807, 2.05) is 31.2 Å². The van der Waals surface area contributed by atoms with E-state index < -0.39 is 0 Å². The molecule has 6 heteroatoms. The average molecular weight is 351 g/mol. The Morgan fingerprint density at radius 3 is 2.32 bits per heavy atom. The van der Waals surface area contributed by atoms with Gasteiger partial charge in [-0.25, -0.2) is 0 Å². The van der Waals surface area contributed by atoms with Crippen molar-refractivity contribution in [2.75, 3.05) is 33.9 Å². The largest absolute Gasteiger partial charge is 0.497 e. The van der Waals surface area contributed by atoms with E-state index in [2.05, 4.69) is 0 Å². The van der Waals surface area contributed by atoms with Crippen LogP contribution in [-0.4, -0.2) is 50.7 Å². The molecule has 0 spiro atoms. The molecule has 0 bridgehead atoms. The molecule has 0 aliphatic heterocycles. The van der Waals surface area contributed by atoms with Crippen molar-refractivity contribution in [1.29, 1.82) is 0 Å². The lowest BCUT2D eigenvalue weighted by Crippen LogP contribution is -2.39. The predicted molar refractivity (Wildman–Crippen MR) is 95.8 cm³/mol. The van der Waals surface area contributed by atoms with Crippen molar-refractivity contribution in [2.24, 2.45) is 5.92 Å². The summed E-state index contributed by atoms with van der Waals surface area (Å²) >= 11 is 0. The maximum absolute atomic E-state index is 12.4. The van der Waals surface area contributed by atoms with Crippen LogP contribution in [0.4, 0.5) is 0 Å². The average Bonchev–Trinajstić information content (AvgIpc) is 2.64. The van der Waals surface area contributed by atoms with E-state index in [1.54, 1.807) is 18.9 Å². The summed E-state index contributed by atoms with van der Waals surface area (Å²) in [6.45, 7) is 4.92. The number of amides is 1. The van der Waals surface area contributed by atoms with E-state index in [0.717, 1.165) is 18.6 Å². The highest BCUT2D eigenvalue weighted by Crippen LogP contribution is 2.17. The SMILES string of the molecule is CCCCC(=O)N(CCOc1ccc(OC)cc1)CC(C)C(=O)OC. The summed E-state index contributed by atoms with van der Waals surface area (Å²) < 4.78 is 15.5. The van der Waals surface area contributed by atoms with Crippen molar-refractivity contribution >= 4 is 11.9 Å². The number of carbonyl (C=O) groups is 2. The molecule has 1 aromatic carbocycles. The zero-order valence-electron chi connectivity index (χ0n) is 15.6. The van der Waals surface area contributed by atoms with Gasteiger partial charge in [0.2, 0.25) is 5.91 Å². The Balaban J connectivity index is 2.58. The van der Waals surface area contributed by atoms with Gasteiger partial charge in [0.1, 0.15) is 18.1 Å². The van der Waals surface area contributed by atoms with Gasteiger partial charge < -0.3 is 19.1 Å². The zero-order valence-corrected chi connectivity index (χ0v) is 15.6. The lowest BCUT2D eigenvalue weighted by atomic mass is 10.1. The fourth-order valence-corrected chi connectivity index (χ4v) is 2.36. The Hall–Kier alpha value is -2.24. The molecule has 1 unspecified atom stereocenters. The van der Waals surface area contributed by atoms with Crippen LogP contribution in [0, 0.1) is 5.92 Å². The quantitative estimate of drug-likeness (QED) is 0.574. The normalized spacial score (nSPS) is 11.5. The number of hydrogen-bond donors (Lipinski definition) is 0. The summed E-state index contributed by atoms with van der Waals surface area (Å²) in [5, 5.41) is 0. The van der Waals surface area contributed by atoms with Crippen LogP contribution < -0.4 is 9.47 Å². The molecular formula is C19H29NO5. The van der Waals surface area contributed by atoms with E-state index in [1.165, 1.54) is 7.11 Å². The van der Waals surface area contributed by atoms with Crippen molar-refractivity contribution < 1.29 is 23.8 Å². The molecule has 0 fully saturated rings. The first kappa shape index (κ1) is 20.8. The Kier molecular flexibility index (Phi) is 9.43. The van der Waals surface area contributed by atoms with Gasteiger partial charge in [-0.1, -0.05) is 20.3 Å². The standard InChI is InChI=1S/C19H29NO5/c1-5-6-7-18(21)20(14-15(2)19(22)24-4)12-13-25-17-10-8-16(23-3)9-11-17/h8-11,15H,5-7,12-14H2,1-4H3. The second-order valence-corrected chi connectivity index (χ2v) is 5.89. The molecule has 1 atom stereocenters. The summed E-state index contributed by atoms with van der Waals surface area (Å²) in [7, 11) is 2.97. The number of hydrogen-bond acceptors (Lipinski definition) is 5. The zero-order chi connectivity index (χ0) is 18.7. The molecule has 0 aliphatic carbocycles. The van der Waals surface area contributed by atoms with Crippen LogP contribution in [0.15, 0.2) is 24.3 Å². The minimum absolute atomic E-state index is 0.0379. The van der Waals surface area contributed by atoms with Gasteiger partial charge in [0, 0.05) is 13.0 Å². The summed E-state index contributed by atoms with van der Waals surface area (Å²) in [6.07, 6.45) is 2.27. The fraction of sp³-hybridized carbons (Fsp3) is 0.579. The fourth-order valence-electron chi connectivity index (χ4n) is 2.36. The maximum atomic E-state index is 12.4. The van der Waals surface area contributed by atoms with Gasteiger partial charge in [0.15, 0.2) is 0 Å². The Morgan fingerprint density at radius 2 is 1.76 bits per heavy atom. The van der Waals surface area contributed by atoms with Gasteiger partial charge in [-0.2, -0.15) is 0 Å². The van der Waals surface area contributed by atoms with Crippen molar-refractivity contribution in [3.63, 3.8) is 0 Å². The molecule has 0 heterocycles. The van der Waals surface area contributed by atoms with Crippen LogP contribution >= 0.6 is 0 Å². The highest BCUT2D eigenvalue weighted by Gasteiger charge is 2.21. The number of nitrogens with zero attached hydrogens (tertiary/aromatic N) is 1. The Bertz CT molecular complexity index is 529. The molecule has 6 nitrogen and oxygen atoms in total. The molecule has 0 N–H and O–H groups in total. The van der Waals surface area contributed by atoms with E-state index in [4.69, 9.17) is 14.2 Å². The van der Waals surface area contributed by atoms with Gasteiger partial charge >= 0.3 is 5.97 Å². The Labute approximate surface area is 150 Å². The second kappa shape index (κ2) is 11.3. The lowest BCUT2D eigenvalue weighted by molar-refractivity contribution is -0.146. The lowest BCUT2D eigenvalue weighted by Gasteiger charge is -2.25. The van der Waals surface area contributed by atoms with Crippen LogP contribution in [0.25, 0.3) is 0 Å². The number of ether oxygens (including phenoxy) is 3. The van der Waals surface area contributed by atoms with Crippen molar-refractivity contribution in [1.82, 2.24) is 4.90 Å². The van der Waals surface area contributed by atoms with E-state index in [9.17, 15) is 9.59 Å². The molecule has 1 amide bonds. The Morgan fingerprint density at radius 1 is 1.12 bits per heavy atom. The molecule has 140 valence electrons. The van der Waals surface area contributed by atoms with Crippen LogP contribution in [0.2, 0.25) is 0 Å². The molecule has 1 rings (SSSR count). The van der Waals surface area contributed by atoms with Crippen molar-refractivity contribution in [3.05, 3.63) is 24.3 Å². The molecule has 0 aliphatic rings. The number of benzene rings is 1.